The van der Waals surface area contributed by atoms with E-state index in [1.165, 1.54) is 18.7 Å². The summed E-state index contributed by atoms with van der Waals surface area (Å²) in [6.45, 7) is 3.02. The maximum absolute atomic E-state index is 12.9. The van der Waals surface area contributed by atoms with Gasteiger partial charge in [0.15, 0.2) is 17.3 Å². The van der Waals surface area contributed by atoms with Crippen LogP contribution in [0.25, 0.3) is 11.2 Å². The predicted molar refractivity (Wildman–Crippen MR) is 78.1 cm³/mol. The smallest absolute Gasteiger partial charge is 0.225 e. The highest BCUT2D eigenvalue weighted by atomic mass is 19.1. The average molecular weight is 300 g/mol. The van der Waals surface area contributed by atoms with Crippen LogP contribution in [0, 0.1) is 5.82 Å². The molecule has 0 atom stereocenters. The number of fused-ring (bicyclic) bond motifs is 1. The maximum atomic E-state index is 12.9. The molecule has 0 amide bonds. The zero-order valence-electron chi connectivity index (χ0n) is 11.6. The van der Waals surface area contributed by atoms with Crippen LogP contribution in [0.5, 0.6) is 0 Å². The van der Waals surface area contributed by atoms with Crippen LogP contribution in [0.15, 0.2) is 25.0 Å². The Morgan fingerprint density at radius 1 is 0.909 bits per heavy atom. The summed E-state index contributed by atoms with van der Waals surface area (Å²) >= 11 is 0. The van der Waals surface area contributed by atoms with Gasteiger partial charge in [0.25, 0.3) is 0 Å². The van der Waals surface area contributed by atoms with Crippen molar-refractivity contribution in [1.82, 2.24) is 29.9 Å². The minimum absolute atomic E-state index is 0.426. The number of hydrogen-bond acceptors (Lipinski definition) is 7. The summed E-state index contributed by atoms with van der Waals surface area (Å²) in [5.41, 5.74) is 1.50. The summed E-state index contributed by atoms with van der Waals surface area (Å²) in [6.07, 6.45) is 5.51. The molecule has 22 heavy (non-hydrogen) atoms. The third-order valence-electron chi connectivity index (χ3n) is 3.67. The molecular formula is C13H13FN8. The lowest BCUT2D eigenvalue weighted by atomic mass is 10.3. The molecule has 4 heterocycles. The normalized spacial score (nSPS) is 15.5. The molecule has 0 saturated carbocycles. The fourth-order valence-electron chi connectivity index (χ4n) is 2.58. The molecular weight excluding hydrogens is 287 g/mol. The quantitative estimate of drug-likeness (QED) is 0.742. The monoisotopic (exact) mass is 300 g/mol. The van der Waals surface area contributed by atoms with Gasteiger partial charge in [0.2, 0.25) is 5.95 Å². The molecule has 9 heteroatoms. The molecule has 0 spiro atoms. The van der Waals surface area contributed by atoms with Gasteiger partial charge in [-0.3, -0.25) is 0 Å². The molecule has 1 saturated heterocycles. The van der Waals surface area contributed by atoms with Crippen LogP contribution in [-0.2, 0) is 0 Å². The van der Waals surface area contributed by atoms with E-state index in [2.05, 4.69) is 34.8 Å². The number of aromatic nitrogens is 6. The zero-order valence-corrected chi connectivity index (χ0v) is 11.6. The topological polar surface area (TPSA) is 86.7 Å². The van der Waals surface area contributed by atoms with Crippen LogP contribution in [0.1, 0.15) is 0 Å². The Morgan fingerprint density at radius 3 is 2.41 bits per heavy atom. The van der Waals surface area contributed by atoms with E-state index in [1.807, 2.05) is 4.90 Å². The predicted octanol–water partition coefficient (Wildman–Crippen LogP) is 0.609. The Bertz CT molecular complexity index is 778. The van der Waals surface area contributed by atoms with E-state index in [4.69, 9.17) is 0 Å². The summed E-state index contributed by atoms with van der Waals surface area (Å²) in [7, 11) is 0. The van der Waals surface area contributed by atoms with Gasteiger partial charge < -0.3 is 14.8 Å². The molecule has 8 nitrogen and oxygen atoms in total. The molecule has 4 rings (SSSR count). The Morgan fingerprint density at radius 2 is 1.64 bits per heavy atom. The Hall–Kier alpha value is -2.84. The van der Waals surface area contributed by atoms with Crippen LogP contribution in [0.3, 0.4) is 0 Å². The van der Waals surface area contributed by atoms with Crippen molar-refractivity contribution < 1.29 is 4.39 Å². The van der Waals surface area contributed by atoms with Crippen molar-refractivity contribution in [2.24, 2.45) is 0 Å². The number of nitrogens with zero attached hydrogens (tertiary/aromatic N) is 7. The SMILES string of the molecule is Fc1cnc(N2CCN(c3ncnc4nc[nH]c34)CC2)nc1. The number of halogens is 1. The lowest BCUT2D eigenvalue weighted by molar-refractivity contribution is 0.602. The number of piperazine rings is 1. The van der Waals surface area contributed by atoms with Gasteiger partial charge >= 0.3 is 0 Å². The number of rotatable bonds is 2. The molecule has 0 unspecified atom stereocenters. The van der Waals surface area contributed by atoms with Gasteiger partial charge in [-0.05, 0) is 0 Å². The van der Waals surface area contributed by atoms with Crippen molar-refractivity contribution in [2.45, 2.75) is 0 Å². The second kappa shape index (κ2) is 5.17. The minimum atomic E-state index is -0.426. The summed E-state index contributed by atoms with van der Waals surface area (Å²) < 4.78 is 12.9. The standard InChI is InChI=1S/C13H13FN8/c14-9-5-15-13(16-6-9)22-3-1-21(2-4-22)12-10-11(18-7-17-10)19-8-20-12/h5-8H,1-4H2,(H,17,18,19,20). The highest BCUT2D eigenvalue weighted by molar-refractivity contribution is 5.82. The Kier molecular flexibility index (Phi) is 3.02. The number of hydrogen-bond donors (Lipinski definition) is 1. The van der Waals surface area contributed by atoms with Gasteiger partial charge in [-0.25, -0.2) is 29.3 Å². The first-order chi connectivity index (χ1) is 10.8. The first-order valence-corrected chi connectivity index (χ1v) is 6.93. The lowest BCUT2D eigenvalue weighted by Gasteiger charge is -2.35. The average Bonchev–Trinajstić information content (AvgIpc) is 3.04. The van der Waals surface area contributed by atoms with Crippen molar-refractivity contribution in [2.75, 3.05) is 36.0 Å². The van der Waals surface area contributed by atoms with Gasteiger partial charge in [0.05, 0.1) is 18.7 Å². The van der Waals surface area contributed by atoms with Crippen molar-refractivity contribution >= 4 is 22.9 Å². The van der Waals surface area contributed by atoms with Crippen molar-refractivity contribution in [3.05, 3.63) is 30.9 Å². The van der Waals surface area contributed by atoms with Crippen molar-refractivity contribution in [3.8, 4) is 0 Å². The van der Waals surface area contributed by atoms with Crippen LogP contribution in [-0.4, -0.2) is 56.1 Å². The van der Waals surface area contributed by atoms with E-state index >= 15 is 0 Å². The van der Waals surface area contributed by atoms with Crippen LogP contribution < -0.4 is 9.80 Å². The molecule has 0 aliphatic carbocycles. The van der Waals surface area contributed by atoms with Gasteiger partial charge in [-0.15, -0.1) is 0 Å². The molecule has 3 aromatic rings. The lowest BCUT2D eigenvalue weighted by Crippen LogP contribution is -2.47. The van der Waals surface area contributed by atoms with Crippen LogP contribution >= 0.6 is 0 Å². The third kappa shape index (κ3) is 2.20. The van der Waals surface area contributed by atoms with Crippen molar-refractivity contribution in [1.29, 1.82) is 0 Å². The van der Waals surface area contributed by atoms with E-state index in [-0.39, 0.29) is 0 Å². The summed E-state index contributed by atoms with van der Waals surface area (Å²) in [5, 5.41) is 0. The van der Waals surface area contributed by atoms with Crippen LogP contribution in [0.2, 0.25) is 0 Å². The molecule has 3 aromatic heterocycles. The van der Waals surface area contributed by atoms with Crippen molar-refractivity contribution in [3.63, 3.8) is 0 Å². The number of H-pyrrole nitrogens is 1. The third-order valence-corrected chi connectivity index (χ3v) is 3.67. The van der Waals surface area contributed by atoms with Crippen LogP contribution in [0.4, 0.5) is 16.2 Å². The van der Waals surface area contributed by atoms with Gasteiger partial charge in [-0.2, -0.15) is 0 Å². The fraction of sp³-hybridized carbons (Fsp3) is 0.308. The van der Waals surface area contributed by atoms with E-state index in [0.717, 1.165) is 37.5 Å². The van der Waals surface area contributed by atoms with E-state index in [9.17, 15) is 4.39 Å². The first-order valence-electron chi connectivity index (χ1n) is 6.93. The van der Waals surface area contributed by atoms with Gasteiger partial charge in [0.1, 0.15) is 11.8 Å². The van der Waals surface area contributed by atoms with E-state index in [0.29, 0.717) is 11.6 Å². The molecule has 1 fully saturated rings. The first kappa shape index (κ1) is 12.9. The number of nitrogens with one attached hydrogen (secondary N) is 1. The zero-order chi connectivity index (χ0) is 14.9. The molecule has 0 radical (unpaired) electrons. The molecule has 0 bridgehead atoms. The highest BCUT2D eigenvalue weighted by Crippen LogP contribution is 2.21. The minimum Gasteiger partial charge on any atom is -0.351 e. The molecule has 0 aromatic carbocycles. The maximum Gasteiger partial charge on any atom is 0.225 e. The van der Waals surface area contributed by atoms with E-state index in [1.54, 1.807) is 6.33 Å². The van der Waals surface area contributed by atoms with Gasteiger partial charge in [-0.1, -0.05) is 0 Å². The fourth-order valence-corrected chi connectivity index (χ4v) is 2.58. The van der Waals surface area contributed by atoms with Gasteiger partial charge in [0, 0.05) is 26.2 Å². The largest absolute Gasteiger partial charge is 0.351 e. The second-order valence-corrected chi connectivity index (χ2v) is 4.97. The Balaban J connectivity index is 1.52. The van der Waals surface area contributed by atoms with E-state index < -0.39 is 5.82 Å². The number of aromatic amines is 1. The summed E-state index contributed by atoms with van der Waals surface area (Å²) in [5.74, 6) is 0.975. The number of anilines is 2. The highest BCUT2D eigenvalue weighted by Gasteiger charge is 2.22. The molecule has 1 aliphatic heterocycles. The second-order valence-electron chi connectivity index (χ2n) is 4.97. The molecule has 1 N–H and O–H groups in total. The Labute approximate surface area is 125 Å². The number of imidazole rings is 1. The molecule has 1 aliphatic rings. The molecule has 112 valence electrons. The summed E-state index contributed by atoms with van der Waals surface area (Å²) in [4.78, 5) is 27.9. The summed E-state index contributed by atoms with van der Waals surface area (Å²) in [6, 6.07) is 0.